The average molecular weight is 341 g/mol. The molecule has 0 saturated heterocycles. The van der Waals surface area contributed by atoms with Crippen molar-refractivity contribution in [2.45, 2.75) is 0 Å². The number of rotatable bonds is 3. The first-order chi connectivity index (χ1) is 12.1. The van der Waals surface area contributed by atoms with Gasteiger partial charge >= 0.3 is 0 Å². The van der Waals surface area contributed by atoms with Crippen LogP contribution >= 0.6 is 0 Å². The highest BCUT2D eigenvalue weighted by Crippen LogP contribution is 2.25. The standard InChI is InChI=1S/C17H10F3N5/c18-10-2-1-3-12(6-10)25-17-13(8-23-25)16(21-9-22-17)24-11-4-5-14(19)15(20)7-11/h1-9H,(H,21,22,24). The van der Waals surface area contributed by atoms with Crippen molar-refractivity contribution in [1.82, 2.24) is 19.7 Å². The smallest absolute Gasteiger partial charge is 0.168 e. The average Bonchev–Trinajstić information content (AvgIpc) is 3.03. The molecule has 0 aliphatic rings. The minimum Gasteiger partial charge on any atom is -0.339 e. The Kier molecular flexibility index (Phi) is 3.57. The van der Waals surface area contributed by atoms with Gasteiger partial charge in [-0.3, -0.25) is 0 Å². The van der Waals surface area contributed by atoms with Crippen molar-refractivity contribution < 1.29 is 13.2 Å². The molecule has 0 aliphatic carbocycles. The summed E-state index contributed by atoms with van der Waals surface area (Å²) in [5, 5.41) is 7.67. The van der Waals surface area contributed by atoms with Crippen LogP contribution < -0.4 is 5.32 Å². The maximum absolute atomic E-state index is 13.4. The van der Waals surface area contributed by atoms with Gasteiger partial charge in [0.05, 0.1) is 17.3 Å². The zero-order chi connectivity index (χ0) is 17.4. The number of benzene rings is 2. The van der Waals surface area contributed by atoms with Gasteiger partial charge in [0.1, 0.15) is 18.0 Å². The van der Waals surface area contributed by atoms with Crippen molar-refractivity contribution in [2.75, 3.05) is 5.32 Å². The zero-order valence-corrected chi connectivity index (χ0v) is 12.6. The number of nitrogens with zero attached hydrogens (tertiary/aromatic N) is 4. The van der Waals surface area contributed by atoms with Gasteiger partial charge in [-0.25, -0.2) is 27.8 Å². The van der Waals surface area contributed by atoms with Gasteiger partial charge in [0.25, 0.3) is 0 Å². The molecule has 25 heavy (non-hydrogen) atoms. The Bertz CT molecular complexity index is 1080. The molecule has 4 aromatic rings. The molecule has 0 unspecified atom stereocenters. The van der Waals surface area contributed by atoms with E-state index in [4.69, 9.17) is 0 Å². The summed E-state index contributed by atoms with van der Waals surface area (Å²) in [6.07, 6.45) is 2.82. The first-order valence-corrected chi connectivity index (χ1v) is 7.28. The predicted octanol–water partition coefficient (Wildman–Crippen LogP) is 3.98. The first-order valence-electron chi connectivity index (χ1n) is 7.28. The van der Waals surface area contributed by atoms with Crippen molar-refractivity contribution in [1.29, 1.82) is 0 Å². The van der Waals surface area contributed by atoms with Crippen LogP contribution in [0.1, 0.15) is 0 Å². The van der Waals surface area contributed by atoms with Crippen molar-refractivity contribution in [2.24, 2.45) is 0 Å². The molecule has 0 spiro atoms. The number of fused-ring (bicyclic) bond motifs is 1. The minimum absolute atomic E-state index is 0.331. The van der Waals surface area contributed by atoms with Crippen LogP contribution in [0.3, 0.4) is 0 Å². The SMILES string of the molecule is Fc1cccc(-n2ncc3c(Nc4ccc(F)c(F)c4)ncnc32)c1. The number of hydrogen-bond donors (Lipinski definition) is 1. The van der Waals surface area contributed by atoms with Crippen LogP contribution in [-0.2, 0) is 0 Å². The van der Waals surface area contributed by atoms with E-state index in [2.05, 4.69) is 20.4 Å². The monoisotopic (exact) mass is 341 g/mol. The first kappa shape index (κ1) is 15.1. The van der Waals surface area contributed by atoms with E-state index in [0.717, 1.165) is 12.1 Å². The Hall–Kier alpha value is -3.42. The molecule has 0 radical (unpaired) electrons. The predicted molar refractivity (Wildman–Crippen MR) is 86.3 cm³/mol. The molecule has 124 valence electrons. The quantitative estimate of drug-likeness (QED) is 0.612. The van der Waals surface area contributed by atoms with Gasteiger partial charge in [0.15, 0.2) is 17.3 Å². The van der Waals surface area contributed by atoms with Crippen LogP contribution in [0.4, 0.5) is 24.7 Å². The summed E-state index contributed by atoms with van der Waals surface area (Å²) < 4.78 is 41.3. The maximum atomic E-state index is 13.4. The second-order valence-electron chi connectivity index (χ2n) is 5.25. The maximum Gasteiger partial charge on any atom is 0.168 e. The van der Waals surface area contributed by atoms with E-state index in [1.165, 1.54) is 35.4 Å². The second-order valence-corrected chi connectivity index (χ2v) is 5.25. The normalized spacial score (nSPS) is 11.0. The Labute approximate surface area is 139 Å². The Morgan fingerprint density at radius 1 is 0.920 bits per heavy atom. The van der Waals surface area contributed by atoms with Gasteiger partial charge in [-0.2, -0.15) is 5.10 Å². The summed E-state index contributed by atoms with van der Waals surface area (Å²) in [6.45, 7) is 0. The number of halogens is 3. The van der Waals surface area contributed by atoms with E-state index in [9.17, 15) is 13.2 Å². The van der Waals surface area contributed by atoms with Gasteiger partial charge in [-0.15, -0.1) is 0 Å². The van der Waals surface area contributed by atoms with Crippen LogP contribution in [0.15, 0.2) is 55.0 Å². The number of anilines is 2. The molecular formula is C17H10F3N5. The van der Waals surface area contributed by atoms with Gasteiger partial charge < -0.3 is 5.32 Å². The van der Waals surface area contributed by atoms with Crippen LogP contribution in [-0.4, -0.2) is 19.7 Å². The second kappa shape index (κ2) is 5.90. The molecule has 0 amide bonds. The van der Waals surface area contributed by atoms with Crippen molar-refractivity contribution in [3.8, 4) is 5.69 Å². The van der Waals surface area contributed by atoms with Gasteiger partial charge in [-0.05, 0) is 30.3 Å². The number of hydrogen-bond acceptors (Lipinski definition) is 4. The van der Waals surface area contributed by atoms with Crippen LogP contribution in [0.2, 0.25) is 0 Å². The summed E-state index contributed by atoms with van der Waals surface area (Å²) in [5.41, 5.74) is 1.29. The lowest BCUT2D eigenvalue weighted by atomic mass is 10.3. The third-order valence-electron chi connectivity index (χ3n) is 3.60. The van der Waals surface area contributed by atoms with Crippen LogP contribution in [0.5, 0.6) is 0 Å². The fourth-order valence-corrected chi connectivity index (χ4v) is 2.45. The lowest BCUT2D eigenvalue weighted by Gasteiger charge is -2.07. The lowest BCUT2D eigenvalue weighted by Crippen LogP contribution is -2.00. The summed E-state index contributed by atoms with van der Waals surface area (Å²) in [5.74, 6) is -1.92. The Morgan fingerprint density at radius 3 is 2.60 bits per heavy atom. The fraction of sp³-hybridized carbons (Fsp3) is 0. The number of nitrogens with one attached hydrogen (secondary N) is 1. The van der Waals surface area contributed by atoms with E-state index in [0.29, 0.717) is 28.2 Å². The lowest BCUT2D eigenvalue weighted by molar-refractivity contribution is 0.509. The molecule has 0 bridgehead atoms. The van der Waals surface area contributed by atoms with Crippen molar-refractivity contribution in [3.05, 3.63) is 72.4 Å². The van der Waals surface area contributed by atoms with Gasteiger partial charge in [0.2, 0.25) is 0 Å². The molecule has 1 N–H and O–H groups in total. The Morgan fingerprint density at radius 2 is 1.80 bits per heavy atom. The fourth-order valence-electron chi connectivity index (χ4n) is 2.45. The Balaban J connectivity index is 1.77. The summed E-state index contributed by atoms with van der Waals surface area (Å²) in [6, 6.07) is 9.37. The van der Waals surface area contributed by atoms with Gasteiger partial charge in [0, 0.05) is 11.8 Å². The van der Waals surface area contributed by atoms with E-state index in [1.54, 1.807) is 12.1 Å². The summed E-state index contributed by atoms with van der Waals surface area (Å²) >= 11 is 0. The molecule has 0 saturated carbocycles. The largest absolute Gasteiger partial charge is 0.339 e. The van der Waals surface area contributed by atoms with Crippen LogP contribution in [0.25, 0.3) is 16.7 Å². The van der Waals surface area contributed by atoms with E-state index in [1.807, 2.05) is 0 Å². The minimum atomic E-state index is -0.967. The molecule has 4 rings (SSSR count). The molecule has 0 aliphatic heterocycles. The van der Waals surface area contributed by atoms with E-state index >= 15 is 0 Å². The van der Waals surface area contributed by atoms with Crippen molar-refractivity contribution in [3.63, 3.8) is 0 Å². The third-order valence-corrected chi connectivity index (χ3v) is 3.60. The molecule has 2 heterocycles. The molecule has 0 atom stereocenters. The topological polar surface area (TPSA) is 55.6 Å². The molecule has 8 heteroatoms. The van der Waals surface area contributed by atoms with Crippen LogP contribution in [0, 0.1) is 17.5 Å². The zero-order valence-electron chi connectivity index (χ0n) is 12.6. The highest BCUT2D eigenvalue weighted by atomic mass is 19.2. The molecule has 0 fully saturated rings. The number of aromatic nitrogens is 4. The van der Waals surface area contributed by atoms with Crippen molar-refractivity contribution >= 4 is 22.5 Å². The van der Waals surface area contributed by atoms with Gasteiger partial charge in [-0.1, -0.05) is 6.07 Å². The summed E-state index contributed by atoms with van der Waals surface area (Å²) in [4.78, 5) is 8.29. The summed E-state index contributed by atoms with van der Waals surface area (Å²) in [7, 11) is 0. The highest BCUT2D eigenvalue weighted by molar-refractivity contribution is 5.89. The highest BCUT2D eigenvalue weighted by Gasteiger charge is 2.12. The van der Waals surface area contributed by atoms with E-state index in [-0.39, 0.29) is 0 Å². The molecule has 2 aromatic heterocycles. The molecule has 5 nitrogen and oxygen atoms in total. The molecular weight excluding hydrogens is 331 g/mol. The third kappa shape index (κ3) is 2.78. The van der Waals surface area contributed by atoms with E-state index < -0.39 is 17.5 Å². The molecule has 2 aromatic carbocycles.